The average Bonchev–Trinajstić information content (AvgIpc) is 2.86. The number of anilines is 1. The topological polar surface area (TPSA) is 90.9 Å². The number of hydrogen-bond donors (Lipinski definition) is 2. The van der Waals surface area contributed by atoms with Gasteiger partial charge in [0.2, 0.25) is 0 Å². The summed E-state index contributed by atoms with van der Waals surface area (Å²) in [6, 6.07) is 2.24. The lowest BCUT2D eigenvalue weighted by Crippen LogP contribution is -2.20. The molecular weight excluding hydrogens is 232 g/mol. The first-order valence-corrected chi connectivity index (χ1v) is 5.96. The van der Waals surface area contributed by atoms with E-state index in [0.717, 1.165) is 6.42 Å². The molecule has 0 spiro atoms. The average molecular weight is 248 g/mol. The maximum Gasteiger partial charge on any atom is 0.306 e. The van der Waals surface area contributed by atoms with E-state index < -0.39 is 5.97 Å². The second kappa shape index (κ2) is 4.69. The molecule has 2 N–H and O–H groups in total. The summed E-state index contributed by atoms with van der Waals surface area (Å²) in [6.45, 7) is 1.79. The SMILES string of the molecule is Cc1nn(C)c(N[C@H]2CC[C@@H](C(=O)O)C2)c1C#N. The standard InChI is InChI=1S/C12H16N4O2/c1-7-10(6-13)11(16(2)15-7)14-9-4-3-8(5-9)12(17)18/h8-9,14H,3-5H2,1-2H3,(H,17,18)/t8-,9+/m1/s1. The molecule has 0 amide bonds. The molecule has 0 radical (unpaired) electrons. The molecule has 96 valence electrons. The summed E-state index contributed by atoms with van der Waals surface area (Å²) in [4.78, 5) is 10.9. The van der Waals surface area contributed by atoms with E-state index in [1.54, 1.807) is 18.7 Å². The Labute approximate surface area is 105 Å². The first-order valence-electron chi connectivity index (χ1n) is 5.96. The zero-order chi connectivity index (χ0) is 13.3. The third-order valence-corrected chi connectivity index (χ3v) is 3.46. The summed E-state index contributed by atoms with van der Waals surface area (Å²) in [5.41, 5.74) is 1.23. The number of aryl methyl sites for hydroxylation is 2. The van der Waals surface area contributed by atoms with Gasteiger partial charge in [0.15, 0.2) is 0 Å². The van der Waals surface area contributed by atoms with Crippen molar-refractivity contribution in [3.8, 4) is 6.07 Å². The Hall–Kier alpha value is -2.03. The van der Waals surface area contributed by atoms with E-state index in [9.17, 15) is 4.79 Å². The van der Waals surface area contributed by atoms with Crippen molar-refractivity contribution < 1.29 is 9.90 Å². The van der Waals surface area contributed by atoms with Gasteiger partial charge in [0.25, 0.3) is 0 Å². The van der Waals surface area contributed by atoms with Gasteiger partial charge in [-0.3, -0.25) is 9.48 Å². The molecule has 2 rings (SSSR count). The Kier molecular flexibility index (Phi) is 3.24. The molecule has 0 bridgehead atoms. The van der Waals surface area contributed by atoms with Gasteiger partial charge in [-0.05, 0) is 26.2 Å². The maximum atomic E-state index is 10.9. The Morgan fingerprint density at radius 3 is 2.89 bits per heavy atom. The zero-order valence-electron chi connectivity index (χ0n) is 10.5. The van der Waals surface area contributed by atoms with Crippen molar-refractivity contribution >= 4 is 11.8 Å². The number of nitrogens with one attached hydrogen (secondary N) is 1. The lowest BCUT2D eigenvalue weighted by Gasteiger charge is -2.14. The molecule has 6 nitrogen and oxygen atoms in total. The van der Waals surface area contributed by atoms with Gasteiger partial charge in [-0.15, -0.1) is 0 Å². The summed E-state index contributed by atoms with van der Waals surface area (Å²) in [5, 5.41) is 25.5. The predicted molar refractivity (Wildman–Crippen MR) is 65.0 cm³/mol. The molecule has 1 aromatic rings. The van der Waals surface area contributed by atoms with Crippen molar-refractivity contribution in [2.24, 2.45) is 13.0 Å². The zero-order valence-corrected chi connectivity index (χ0v) is 10.5. The number of rotatable bonds is 3. The van der Waals surface area contributed by atoms with Crippen molar-refractivity contribution in [2.45, 2.75) is 32.2 Å². The third-order valence-electron chi connectivity index (χ3n) is 3.46. The summed E-state index contributed by atoms with van der Waals surface area (Å²) in [7, 11) is 1.78. The Morgan fingerprint density at radius 2 is 2.33 bits per heavy atom. The van der Waals surface area contributed by atoms with Gasteiger partial charge in [-0.25, -0.2) is 0 Å². The minimum atomic E-state index is -0.735. The van der Waals surface area contributed by atoms with Crippen molar-refractivity contribution in [3.05, 3.63) is 11.3 Å². The molecule has 6 heteroatoms. The number of carboxylic acid groups (broad SMARTS) is 1. The quantitative estimate of drug-likeness (QED) is 0.840. The van der Waals surface area contributed by atoms with Crippen molar-refractivity contribution in [2.75, 3.05) is 5.32 Å². The number of aliphatic carboxylic acids is 1. The summed E-state index contributed by atoms with van der Waals surface area (Å²) < 4.78 is 1.64. The Balaban J connectivity index is 2.12. The van der Waals surface area contributed by atoms with E-state index in [0.29, 0.717) is 29.9 Å². The molecule has 1 saturated carbocycles. The van der Waals surface area contributed by atoms with Crippen molar-refractivity contribution in [1.29, 1.82) is 5.26 Å². The largest absolute Gasteiger partial charge is 0.481 e. The van der Waals surface area contributed by atoms with Crippen molar-refractivity contribution in [1.82, 2.24) is 9.78 Å². The lowest BCUT2D eigenvalue weighted by atomic mass is 10.1. The van der Waals surface area contributed by atoms with Crippen LogP contribution in [0.1, 0.15) is 30.5 Å². The highest BCUT2D eigenvalue weighted by Gasteiger charge is 2.30. The van der Waals surface area contributed by atoms with E-state index in [1.165, 1.54) is 0 Å². The second-order valence-electron chi connectivity index (χ2n) is 4.73. The molecule has 1 heterocycles. The van der Waals surface area contributed by atoms with Crippen LogP contribution >= 0.6 is 0 Å². The molecule has 1 fully saturated rings. The van der Waals surface area contributed by atoms with Gasteiger partial charge in [0, 0.05) is 13.1 Å². The highest BCUT2D eigenvalue weighted by molar-refractivity contribution is 5.70. The highest BCUT2D eigenvalue weighted by Crippen LogP contribution is 2.29. The predicted octanol–water partition coefficient (Wildman–Crippen LogP) is 1.27. The fourth-order valence-corrected chi connectivity index (χ4v) is 2.49. The monoisotopic (exact) mass is 248 g/mol. The lowest BCUT2D eigenvalue weighted by molar-refractivity contribution is -0.141. The van der Waals surface area contributed by atoms with Crippen LogP contribution in [0.25, 0.3) is 0 Å². The fraction of sp³-hybridized carbons (Fsp3) is 0.583. The maximum absolute atomic E-state index is 10.9. The van der Waals surface area contributed by atoms with Crippen LogP contribution < -0.4 is 5.32 Å². The first-order chi connectivity index (χ1) is 8.52. The summed E-state index contributed by atoms with van der Waals surface area (Å²) in [6.07, 6.45) is 2.10. The number of nitrogens with zero attached hydrogens (tertiary/aromatic N) is 3. The van der Waals surface area contributed by atoms with E-state index in [4.69, 9.17) is 10.4 Å². The van der Waals surface area contributed by atoms with E-state index in [1.807, 2.05) is 0 Å². The minimum absolute atomic E-state index is 0.105. The number of carbonyl (C=O) groups is 1. The highest BCUT2D eigenvalue weighted by atomic mass is 16.4. The molecule has 18 heavy (non-hydrogen) atoms. The molecule has 0 saturated heterocycles. The molecule has 1 aliphatic carbocycles. The van der Waals surface area contributed by atoms with Crippen LogP contribution in [0.2, 0.25) is 0 Å². The van der Waals surface area contributed by atoms with E-state index in [2.05, 4.69) is 16.5 Å². The van der Waals surface area contributed by atoms with Gasteiger partial charge >= 0.3 is 5.97 Å². The number of aromatic nitrogens is 2. The number of carboxylic acids is 1. The van der Waals surface area contributed by atoms with Gasteiger partial charge in [-0.1, -0.05) is 0 Å². The summed E-state index contributed by atoms with van der Waals surface area (Å²) in [5.74, 6) is -0.325. The molecule has 0 unspecified atom stereocenters. The van der Waals surface area contributed by atoms with E-state index >= 15 is 0 Å². The van der Waals surface area contributed by atoms with Crippen molar-refractivity contribution in [3.63, 3.8) is 0 Å². The van der Waals surface area contributed by atoms with Gasteiger partial charge < -0.3 is 10.4 Å². The minimum Gasteiger partial charge on any atom is -0.481 e. The van der Waals surface area contributed by atoms with Crippen LogP contribution in [0.3, 0.4) is 0 Å². The number of nitriles is 1. The van der Waals surface area contributed by atoms with Crippen LogP contribution in [0.4, 0.5) is 5.82 Å². The normalized spacial score (nSPS) is 22.7. The molecule has 2 atom stereocenters. The first kappa shape index (κ1) is 12.4. The van der Waals surface area contributed by atoms with E-state index in [-0.39, 0.29) is 12.0 Å². The Morgan fingerprint density at radius 1 is 1.61 bits per heavy atom. The molecule has 1 aromatic heterocycles. The van der Waals surface area contributed by atoms with Crippen LogP contribution in [-0.2, 0) is 11.8 Å². The molecular formula is C12H16N4O2. The summed E-state index contributed by atoms with van der Waals surface area (Å²) >= 11 is 0. The van der Waals surface area contributed by atoms with Gasteiger partial charge in [0.05, 0.1) is 11.6 Å². The molecule has 0 aliphatic heterocycles. The number of hydrogen-bond acceptors (Lipinski definition) is 4. The van der Waals surface area contributed by atoms with Crippen LogP contribution in [0.15, 0.2) is 0 Å². The molecule has 1 aliphatic rings. The van der Waals surface area contributed by atoms with Gasteiger partial charge in [-0.2, -0.15) is 10.4 Å². The smallest absolute Gasteiger partial charge is 0.306 e. The molecule has 0 aromatic carbocycles. The third kappa shape index (κ3) is 2.16. The van der Waals surface area contributed by atoms with Crippen LogP contribution in [-0.4, -0.2) is 26.9 Å². The van der Waals surface area contributed by atoms with Crippen LogP contribution in [0, 0.1) is 24.2 Å². The fourth-order valence-electron chi connectivity index (χ4n) is 2.49. The second-order valence-corrected chi connectivity index (χ2v) is 4.73. The Bertz CT molecular complexity index is 515. The van der Waals surface area contributed by atoms with Crippen LogP contribution in [0.5, 0.6) is 0 Å². The van der Waals surface area contributed by atoms with Gasteiger partial charge in [0.1, 0.15) is 17.5 Å².